The van der Waals surface area contributed by atoms with Crippen molar-refractivity contribution in [2.45, 2.75) is 6.04 Å². The van der Waals surface area contributed by atoms with Crippen LogP contribution < -0.4 is 10.6 Å². The number of nitrogens with one attached hydrogen (secondary N) is 2. The van der Waals surface area contributed by atoms with Gasteiger partial charge < -0.3 is 10.6 Å². The van der Waals surface area contributed by atoms with Gasteiger partial charge in [0.05, 0.1) is 27.9 Å². The normalized spacial score (nSPS) is 17.2. The van der Waals surface area contributed by atoms with Gasteiger partial charge in [-0.05, 0) is 23.6 Å². The third-order valence-electron chi connectivity index (χ3n) is 5.59. The number of nitrogens with zero attached hydrogens (tertiary/aromatic N) is 2. The summed E-state index contributed by atoms with van der Waals surface area (Å²) in [6.07, 6.45) is 1.90. The summed E-state index contributed by atoms with van der Waals surface area (Å²) in [4.78, 5) is 26.9. The molecule has 6 rings (SSSR count). The number of fused-ring (bicyclic) bond motifs is 2. The van der Waals surface area contributed by atoms with Crippen LogP contribution in [0.25, 0.3) is 22.0 Å². The predicted molar refractivity (Wildman–Crippen MR) is 119 cm³/mol. The highest BCUT2D eigenvalue weighted by molar-refractivity contribution is 7.13. The summed E-state index contributed by atoms with van der Waals surface area (Å²) in [6, 6.07) is 20.2. The molecule has 2 aliphatic rings. The van der Waals surface area contributed by atoms with Crippen molar-refractivity contribution < 1.29 is 9.59 Å². The summed E-state index contributed by atoms with van der Waals surface area (Å²) < 4.78 is 1.80. The maximum atomic E-state index is 13.3. The molecular formula is C24H16N4O2S. The molecule has 1 unspecified atom stereocenters. The van der Waals surface area contributed by atoms with E-state index in [0.717, 1.165) is 27.4 Å². The van der Waals surface area contributed by atoms with Gasteiger partial charge in [-0.3, -0.25) is 4.79 Å². The lowest BCUT2D eigenvalue weighted by Crippen LogP contribution is -2.43. The van der Waals surface area contributed by atoms with Crippen LogP contribution in [0.4, 0.5) is 4.79 Å². The number of urea groups is 1. The maximum Gasteiger partial charge on any atom is 0.320 e. The van der Waals surface area contributed by atoms with Crippen LogP contribution in [0.15, 0.2) is 83.9 Å². The summed E-state index contributed by atoms with van der Waals surface area (Å²) in [5.41, 5.74) is 4.94. The summed E-state index contributed by atoms with van der Waals surface area (Å²) in [7, 11) is 0. The van der Waals surface area contributed by atoms with Gasteiger partial charge in [0.1, 0.15) is 5.69 Å². The second-order valence-electron chi connectivity index (χ2n) is 7.39. The van der Waals surface area contributed by atoms with Gasteiger partial charge in [0.25, 0.3) is 0 Å². The van der Waals surface area contributed by atoms with Gasteiger partial charge >= 0.3 is 6.03 Å². The van der Waals surface area contributed by atoms with E-state index in [0.29, 0.717) is 16.8 Å². The third kappa shape index (κ3) is 2.74. The predicted octanol–water partition coefficient (Wildman–Crippen LogP) is 4.56. The van der Waals surface area contributed by atoms with Crippen LogP contribution in [0.3, 0.4) is 0 Å². The van der Waals surface area contributed by atoms with Gasteiger partial charge in [-0.1, -0.05) is 48.5 Å². The van der Waals surface area contributed by atoms with Crippen molar-refractivity contribution in [2.24, 2.45) is 0 Å². The number of hydrogen-bond acceptors (Lipinski definition) is 4. The van der Waals surface area contributed by atoms with E-state index in [4.69, 9.17) is 5.10 Å². The Morgan fingerprint density at radius 1 is 0.903 bits per heavy atom. The van der Waals surface area contributed by atoms with Gasteiger partial charge in [0.2, 0.25) is 0 Å². The molecule has 1 atom stereocenters. The molecule has 150 valence electrons. The van der Waals surface area contributed by atoms with Crippen molar-refractivity contribution in [3.8, 4) is 16.3 Å². The number of thiophene rings is 1. The van der Waals surface area contributed by atoms with E-state index in [1.165, 1.54) is 0 Å². The number of ketones is 1. The molecule has 2 N–H and O–H groups in total. The van der Waals surface area contributed by atoms with E-state index in [1.807, 2.05) is 72.2 Å². The Morgan fingerprint density at radius 2 is 1.68 bits per heavy atom. The smallest absolute Gasteiger partial charge is 0.320 e. The van der Waals surface area contributed by atoms with Crippen LogP contribution in [0.1, 0.15) is 27.5 Å². The Kier molecular flexibility index (Phi) is 3.91. The molecule has 2 amide bonds. The highest BCUT2D eigenvalue weighted by Crippen LogP contribution is 2.42. The molecule has 31 heavy (non-hydrogen) atoms. The molecule has 7 heteroatoms. The Hall–Kier alpha value is -3.97. The molecule has 0 saturated heterocycles. The fourth-order valence-corrected chi connectivity index (χ4v) is 4.95. The Bertz CT molecular complexity index is 1370. The number of aromatic nitrogens is 2. The molecule has 4 aromatic rings. The summed E-state index contributed by atoms with van der Waals surface area (Å²) in [6.45, 7) is 0. The number of benzene rings is 2. The third-order valence-corrected chi connectivity index (χ3v) is 6.46. The number of Topliss-reactive ketones (excluding diaryl/α,β-unsaturated/α-hetero) is 1. The van der Waals surface area contributed by atoms with Crippen molar-refractivity contribution in [1.29, 1.82) is 0 Å². The van der Waals surface area contributed by atoms with E-state index < -0.39 is 6.04 Å². The maximum absolute atomic E-state index is 13.3. The molecule has 0 bridgehead atoms. The zero-order valence-corrected chi connectivity index (χ0v) is 17.0. The monoisotopic (exact) mass is 424 g/mol. The fourth-order valence-electron chi connectivity index (χ4n) is 4.22. The van der Waals surface area contributed by atoms with Crippen LogP contribution in [0, 0.1) is 0 Å². The average molecular weight is 424 g/mol. The van der Waals surface area contributed by atoms with E-state index in [1.54, 1.807) is 22.1 Å². The van der Waals surface area contributed by atoms with E-state index in [-0.39, 0.29) is 11.8 Å². The van der Waals surface area contributed by atoms with Crippen molar-refractivity contribution in [3.63, 3.8) is 0 Å². The van der Waals surface area contributed by atoms with Gasteiger partial charge in [-0.25, -0.2) is 9.48 Å². The van der Waals surface area contributed by atoms with Crippen molar-refractivity contribution >= 4 is 28.8 Å². The minimum absolute atomic E-state index is 0.0762. The van der Waals surface area contributed by atoms with Gasteiger partial charge in [-0.2, -0.15) is 5.10 Å². The first-order valence-corrected chi connectivity index (χ1v) is 10.7. The van der Waals surface area contributed by atoms with Crippen LogP contribution in [-0.2, 0) is 0 Å². The largest absolute Gasteiger partial charge is 0.327 e. The van der Waals surface area contributed by atoms with Crippen LogP contribution >= 0.6 is 11.3 Å². The highest BCUT2D eigenvalue weighted by atomic mass is 32.1. The molecule has 2 aromatic heterocycles. The Morgan fingerprint density at radius 3 is 2.45 bits per heavy atom. The second kappa shape index (κ2) is 6.78. The topological polar surface area (TPSA) is 76.0 Å². The van der Waals surface area contributed by atoms with Crippen LogP contribution in [0.5, 0.6) is 0 Å². The van der Waals surface area contributed by atoms with Gasteiger partial charge in [0.15, 0.2) is 5.78 Å². The standard InChI is InChI=1S/C24H16N4O2S/c29-23-16-10-5-4-9-15(16)21-19(23)22(26-24(30)25-21)17-13-28(14-7-2-1-3-8-14)27-20(17)18-11-6-12-31-18/h1-13,22H,(H2,25,26,30). The van der Waals surface area contributed by atoms with Crippen LogP contribution in [0.2, 0.25) is 0 Å². The van der Waals surface area contributed by atoms with Crippen molar-refractivity contribution in [1.82, 2.24) is 20.4 Å². The molecule has 1 aliphatic carbocycles. The Labute approximate surface area is 181 Å². The van der Waals surface area contributed by atoms with Gasteiger partial charge in [0, 0.05) is 22.9 Å². The van der Waals surface area contributed by atoms with Gasteiger partial charge in [-0.15, -0.1) is 11.3 Å². The lowest BCUT2D eigenvalue weighted by Gasteiger charge is -2.26. The molecule has 0 spiro atoms. The van der Waals surface area contributed by atoms with Crippen LogP contribution in [-0.4, -0.2) is 21.6 Å². The number of carbonyl (C=O) groups excluding carboxylic acids is 2. The van der Waals surface area contributed by atoms with E-state index in [2.05, 4.69) is 10.6 Å². The quantitative estimate of drug-likeness (QED) is 0.506. The molecular weight excluding hydrogens is 408 g/mol. The fraction of sp³-hybridized carbons (Fsp3) is 0.0417. The minimum atomic E-state index is -0.599. The number of para-hydroxylation sites is 1. The molecule has 0 fully saturated rings. The van der Waals surface area contributed by atoms with E-state index in [9.17, 15) is 9.59 Å². The molecule has 6 nitrogen and oxygen atoms in total. The zero-order chi connectivity index (χ0) is 20.9. The molecule has 2 aromatic carbocycles. The first-order valence-electron chi connectivity index (χ1n) is 9.85. The second-order valence-corrected chi connectivity index (χ2v) is 8.33. The first-order chi connectivity index (χ1) is 15.2. The number of rotatable bonds is 3. The molecule has 0 radical (unpaired) electrons. The summed E-state index contributed by atoms with van der Waals surface area (Å²) in [5, 5.41) is 12.6. The SMILES string of the molecule is O=C1NC2=C(C(=O)c3ccccc32)C(c2cn(-c3ccccc3)nc2-c2cccs2)N1. The lowest BCUT2D eigenvalue weighted by molar-refractivity contribution is 0.103. The summed E-state index contributed by atoms with van der Waals surface area (Å²) >= 11 is 1.57. The zero-order valence-electron chi connectivity index (χ0n) is 16.2. The molecule has 1 aliphatic heterocycles. The first kappa shape index (κ1) is 17.9. The van der Waals surface area contributed by atoms with E-state index >= 15 is 0 Å². The van der Waals surface area contributed by atoms with Crippen molar-refractivity contribution in [2.75, 3.05) is 0 Å². The number of hydrogen-bond donors (Lipinski definition) is 2. The molecule has 0 saturated carbocycles. The summed E-state index contributed by atoms with van der Waals surface area (Å²) in [5.74, 6) is -0.0762. The number of amides is 2. The minimum Gasteiger partial charge on any atom is -0.327 e. The Balaban J connectivity index is 1.56. The average Bonchev–Trinajstić information content (AvgIpc) is 3.53. The lowest BCUT2D eigenvalue weighted by atomic mass is 9.94. The number of carbonyl (C=O) groups is 2. The highest BCUT2D eigenvalue weighted by Gasteiger charge is 2.41. The van der Waals surface area contributed by atoms with Crippen molar-refractivity contribution in [3.05, 3.63) is 101 Å². The molecule has 3 heterocycles.